The van der Waals surface area contributed by atoms with Gasteiger partial charge in [-0.15, -0.1) is 0 Å². The maximum atomic E-state index is 13.0. The summed E-state index contributed by atoms with van der Waals surface area (Å²) >= 11 is 0. The summed E-state index contributed by atoms with van der Waals surface area (Å²) in [5.41, 5.74) is 0.758. The highest BCUT2D eigenvalue weighted by atomic mass is 19.1. The van der Waals surface area contributed by atoms with E-state index in [1.165, 1.54) is 12.1 Å². The molecule has 0 radical (unpaired) electrons. The number of aliphatic hydroxyl groups is 1. The highest BCUT2D eigenvalue weighted by Crippen LogP contribution is 2.31. The topological polar surface area (TPSA) is 40.5 Å². The van der Waals surface area contributed by atoms with E-state index in [0.717, 1.165) is 31.2 Å². The highest BCUT2D eigenvalue weighted by molar-refractivity contribution is 5.76. The van der Waals surface area contributed by atoms with Gasteiger partial charge in [-0.2, -0.15) is 0 Å². The van der Waals surface area contributed by atoms with Crippen LogP contribution in [0.4, 0.5) is 4.39 Å². The SMILES string of the molecule is CCC(CC)CC(=O)N1CCC(C(O)c2ccc(F)cc2)CC1. The second-order valence-electron chi connectivity index (χ2n) is 6.60. The molecule has 0 saturated carbocycles. The molecule has 1 aromatic rings. The van der Waals surface area contributed by atoms with Crippen LogP contribution in [0.15, 0.2) is 24.3 Å². The molecule has 0 bridgehead atoms. The van der Waals surface area contributed by atoms with Crippen molar-refractivity contribution in [1.82, 2.24) is 4.90 Å². The van der Waals surface area contributed by atoms with E-state index in [0.29, 0.717) is 25.4 Å². The predicted molar refractivity (Wildman–Crippen MR) is 89.4 cm³/mol. The van der Waals surface area contributed by atoms with Gasteiger partial charge < -0.3 is 10.0 Å². The second kappa shape index (κ2) is 8.44. The smallest absolute Gasteiger partial charge is 0.222 e. The Balaban J connectivity index is 1.85. The largest absolute Gasteiger partial charge is 0.388 e. The molecule has 0 aliphatic carbocycles. The maximum absolute atomic E-state index is 13.0. The van der Waals surface area contributed by atoms with Crippen molar-refractivity contribution in [2.75, 3.05) is 13.1 Å². The van der Waals surface area contributed by atoms with Gasteiger partial charge in [-0.3, -0.25) is 4.79 Å². The average Bonchev–Trinajstić information content (AvgIpc) is 2.59. The van der Waals surface area contributed by atoms with Crippen LogP contribution in [0.25, 0.3) is 0 Å². The summed E-state index contributed by atoms with van der Waals surface area (Å²) in [6.45, 7) is 5.68. The van der Waals surface area contributed by atoms with Crippen LogP contribution in [0.1, 0.15) is 57.6 Å². The third-order valence-electron chi connectivity index (χ3n) is 5.17. The van der Waals surface area contributed by atoms with E-state index in [1.54, 1.807) is 12.1 Å². The number of likely N-dealkylation sites (tertiary alicyclic amines) is 1. The van der Waals surface area contributed by atoms with E-state index in [9.17, 15) is 14.3 Å². The number of rotatable bonds is 6. The van der Waals surface area contributed by atoms with E-state index in [1.807, 2.05) is 4.90 Å². The number of nitrogens with zero attached hydrogens (tertiary/aromatic N) is 1. The Bertz CT molecular complexity index is 491. The predicted octanol–water partition coefficient (Wildman–Crippen LogP) is 3.92. The molecule has 1 N–H and O–H groups in total. The fourth-order valence-electron chi connectivity index (χ4n) is 3.35. The number of aliphatic hydroxyl groups excluding tert-OH is 1. The van der Waals surface area contributed by atoms with Crippen molar-refractivity contribution in [1.29, 1.82) is 0 Å². The molecule has 0 aromatic heterocycles. The minimum Gasteiger partial charge on any atom is -0.388 e. The molecule has 1 unspecified atom stereocenters. The Labute approximate surface area is 138 Å². The van der Waals surface area contributed by atoms with E-state index >= 15 is 0 Å². The van der Waals surface area contributed by atoms with Gasteiger partial charge in [0.1, 0.15) is 5.82 Å². The standard InChI is InChI=1S/C19H28FNO2/c1-3-14(4-2)13-18(22)21-11-9-16(10-12-21)19(23)15-5-7-17(20)8-6-15/h5-8,14,16,19,23H,3-4,9-13H2,1-2H3. The van der Waals surface area contributed by atoms with Crippen LogP contribution < -0.4 is 0 Å². The molecule has 1 amide bonds. The zero-order valence-corrected chi connectivity index (χ0v) is 14.2. The molecular formula is C19H28FNO2. The average molecular weight is 321 g/mol. The van der Waals surface area contributed by atoms with Gasteiger partial charge in [0, 0.05) is 19.5 Å². The molecule has 1 fully saturated rings. The fraction of sp³-hybridized carbons (Fsp3) is 0.632. The van der Waals surface area contributed by atoms with Crippen molar-refractivity contribution in [2.24, 2.45) is 11.8 Å². The first-order valence-corrected chi connectivity index (χ1v) is 8.76. The quantitative estimate of drug-likeness (QED) is 0.862. The van der Waals surface area contributed by atoms with Gasteiger partial charge >= 0.3 is 0 Å². The Morgan fingerprint density at radius 2 is 1.78 bits per heavy atom. The van der Waals surface area contributed by atoms with E-state index in [4.69, 9.17) is 0 Å². The fourth-order valence-corrected chi connectivity index (χ4v) is 3.35. The molecule has 1 aliphatic heterocycles. The first-order valence-electron chi connectivity index (χ1n) is 8.76. The number of halogens is 1. The van der Waals surface area contributed by atoms with Gasteiger partial charge in [-0.1, -0.05) is 38.8 Å². The number of hydrogen-bond acceptors (Lipinski definition) is 2. The second-order valence-corrected chi connectivity index (χ2v) is 6.60. The summed E-state index contributed by atoms with van der Waals surface area (Å²) in [4.78, 5) is 14.3. The van der Waals surface area contributed by atoms with Crippen molar-refractivity contribution in [3.05, 3.63) is 35.6 Å². The van der Waals surface area contributed by atoms with Crippen LogP contribution in [0.3, 0.4) is 0 Å². The summed E-state index contributed by atoms with van der Waals surface area (Å²) in [5, 5.41) is 10.5. The summed E-state index contributed by atoms with van der Waals surface area (Å²) in [6.07, 6.45) is 3.75. The molecule has 1 atom stereocenters. The van der Waals surface area contributed by atoms with Crippen LogP contribution in [0.2, 0.25) is 0 Å². The van der Waals surface area contributed by atoms with Gasteiger partial charge in [-0.05, 0) is 42.4 Å². The molecule has 3 nitrogen and oxygen atoms in total. The van der Waals surface area contributed by atoms with Crippen LogP contribution >= 0.6 is 0 Å². The Hall–Kier alpha value is -1.42. The van der Waals surface area contributed by atoms with Crippen molar-refractivity contribution in [2.45, 2.75) is 52.1 Å². The third-order valence-corrected chi connectivity index (χ3v) is 5.17. The Morgan fingerprint density at radius 1 is 1.22 bits per heavy atom. The van der Waals surface area contributed by atoms with Crippen molar-refractivity contribution in [3.8, 4) is 0 Å². The minimum atomic E-state index is -0.577. The van der Waals surface area contributed by atoms with Gasteiger partial charge in [-0.25, -0.2) is 4.39 Å². The van der Waals surface area contributed by atoms with Crippen LogP contribution in [-0.4, -0.2) is 29.0 Å². The van der Waals surface area contributed by atoms with Gasteiger partial charge in [0.15, 0.2) is 0 Å². The van der Waals surface area contributed by atoms with Gasteiger partial charge in [0.25, 0.3) is 0 Å². The molecule has 0 spiro atoms. The number of benzene rings is 1. The van der Waals surface area contributed by atoms with Gasteiger partial charge in [0.2, 0.25) is 5.91 Å². The molecule has 1 aromatic carbocycles. The highest BCUT2D eigenvalue weighted by Gasteiger charge is 2.28. The summed E-state index contributed by atoms with van der Waals surface area (Å²) in [5.74, 6) is 0.568. The lowest BCUT2D eigenvalue weighted by molar-refractivity contribution is -0.134. The summed E-state index contributed by atoms with van der Waals surface area (Å²) in [7, 11) is 0. The maximum Gasteiger partial charge on any atom is 0.222 e. The minimum absolute atomic E-state index is 0.137. The lowest BCUT2D eigenvalue weighted by atomic mass is 9.87. The van der Waals surface area contributed by atoms with Crippen LogP contribution in [-0.2, 0) is 4.79 Å². The Kier molecular flexibility index (Phi) is 6.58. The zero-order valence-electron chi connectivity index (χ0n) is 14.2. The summed E-state index contributed by atoms with van der Waals surface area (Å²) in [6, 6.07) is 6.05. The molecule has 1 saturated heterocycles. The lowest BCUT2D eigenvalue weighted by Crippen LogP contribution is -2.40. The van der Waals surface area contributed by atoms with Crippen molar-refractivity contribution < 1.29 is 14.3 Å². The van der Waals surface area contributed by atoms with Gasteiger partial charge in [0.05, 0.1) is 6.10 Å². The van der Waals surface area contributed by atoms with Crippen LogP contribution in [0.5, 0.6) is 0 Å². The zero-order chi connectivity index (χ0) is 16.8. The molecule has 2 rings (SSSR count). The normalized spacial score (nSPS) is 17.5. The molecule has 4 heteroatoms. The third kappa shape index (κ3) is 4.77. The number of carbonyl (C=O) groups excluding carboxylic acids is 1. The van der Waals surface area contributed by atoms with E-state index in [2.05, 4.69) is 13.8 Å². The lowest BCUT2D eigenvalue weighted by Gasteiger charge is -2.35. The number of carbonyl (C=O) groups is 1. The molecule has 1 heterocycles. The van der Waals surface area contributed by atoms with Crippen molar-refractivity contribution in [3.63, 3.8) is 0 Å². The number of piperidine rings is 1. The monoisotopic (exact) mass is 321 g/mol. The van der Waals surface area contributed by atoms with E-state index in [-0.39, 0.29) is 17.6 Å². The summed E-state index contributed by atoms with van der Waals surface area (Å²) < 4.78 is 13.0. The number of amides is 1. The molecule has 128 valence electrons. The molecule has 23 heavy (non-hydrogen) atoms. The molecule has 1 aliphatic rings. The molecular weight excluding hydrogens is 293 g/mol. The van der Waals surface area contributed by atoms with Crippen molar-refractivity contribution >= 4 is 5.91 Å². The first kappa shape index (κ1) is 17.9. The van der Waals surface area contributed by atoms with Crippen LogP contribution in [0, 0.1) is 17.7 Å². The number of hydrogen-bond donors (Lipinski definition) is 1. The first-order chi connectivity index (χ1) is 11.0. The van der Waals surface area contributed by atoms with E-state index < -0.39 is 6.10 Å². The Morgan fingerprint density at radius 3 is 2.30 bits per heavy atom.